The summed E-state index contributed by atoms with van der Waals surface area (Å²) >= 11 is 11.0. The van der Waals surface area contributed by atoms with E-state index in [-0.39, 0.29) is 15.8 Å². The van der Waals surface area contributed by atoms with Crippen molar-refractivity contribution in [1.82, 2.24) is 0 Å². The summed E-state index contributed by atoms with van der Waals surface area (Å²) in [7, 11) is 0. The lowest BCUT2D eigenvalue weighted by Crippen LogP contribution is -2.19. The van der Waals surface area contributed by atoms with Gasteiger partial charge in [0.15, 0.2) is 10.9 Å². The van der Waals surface area contributed by atoms with Crippen LogP contribution in [0.5, 0.6) is 5.75 Å². The summed E-state index contributed by atoms with van der Waals surface area (Å²) in [4.78, 5) is 0. The van der Waals surface area contributed by atoms with E-state index in [4.69, 9.17) is 28.6 Å². The van der Waals surface area contributed by atoms with Gasteiger partial charge in [0.25, 0.3) is 0 Å². The number of nitrogens with one attached hydrogen (secondary N) is 2. The molecule has 3 nitrogen and oxygen atoms in total. The molecule has 0 radical (unpaired) electrons. The van der Waals surface area contributed by atoms with Crippen LogP contribution in [0, 0.1) is 5.82 Å². The molecule has 0 saturated carbocycles. The fraction of sp³-hybridized carbons (Fsp3) is 0.0500. The Balaban J connectivity index is 1.55. The zero-order chi connectivity index (χ0) is 18.4. The first-order chi connectivity index (χ1) is 12.6. The van der Waals surface area contributed by atoms with Gasteiger partial charge in [-0.3, -0.25) is 0 Å². The van der Waals surface area contributed by atoms with Crippen LogP contribution in [0.2, 0.25) is 5.02 Å². The molecule has 0 unspecified atom stereocenters. The van der Waals surface area contributed by atoms with Gasteiger partial charge in [0.05, 0.1) is 10.7 Å². The third-order valence-electron chi connectivity index (χ3n) is 3.56. The molecule has 26 heavy (non-hydrogen) atoms. The van der Waals surface area contributed by atoms with Crippen LogP contribution in [0.1, 0.15) is 5.56 Å². The summed E-state index contributed by atoms with van der Waals surface area (Å²) in [6.07, 6.45) is 0. The quantitative estimate of drug-likeness (QED) is 0.537. The van der Waals surface area contributed by atoms with Gasteiger partial charge in [0, 0.05) is 5.69 Å². The van der Waals surface area contributed by atoms with Crippen molar-refractivity contribution >= 4 is 40.3 Å². The number of anilines is 2. The van der Waals surface area contributed by atoms with E-state index in [2.05, 4.69) is 10.6 Å². The van der Waals surface area contributed by atoms with Crippen molar-refractivity contribution in [2.24, 2.45) is 0 Å². The molecule has 3 rings (SSSR count). The fourth-order valence-corrected chi connectivity index (χ4v) is 2.66. The van der Waals surface area contributed by atoms with E-state index in [9.17, 15) is 4.39 Å². The van der Waals surface area contributed by atoms with E-state index < -0.39 is 5.82 Å². The minimum Gasteiger partial charge on any atom is -0.489 e. The highest BCUT2D eigenvalue weighted by Gasteiger charge is 2.07. The van der Waals surface area contributed by atoms with Crippen LogP contribution in [0.3, 0.4) is 0 Å². The molecule has 132 valence electrons. The molecule has 2 N–H and O–H groups in total. The van der Waals surface area contributed by atoms with Gasteiger partial charge < -0.3 is 15.4 Å². The van der Waals surface area contributed by atoms with Crippen LogP contribution in [0.15, 0.2) is 72.8 Å². The van der Waals surface area contributed by atoms with E-state index in [0.717, 1.165) is 17.0 Å². The summed E-state index contributed by atoms with van der Waals surface area (Å²) in [6.45, 7) is 0.502. The normalized spacial score (nSPS) is 10.2. The van der Waals surface area contributed by atoms with Gasteiger partial charge in [0.2, 0.25) is 0 Å². The fourth-order valence-electron chi connectivity index (χ4n) is 2.26. The predicted molar refractivity (Wildman–Crippen MR) is 108 cm³/mol. The summed E-state index contributed by atoms with van der Waals surface area (Å²) < 4.78 is 19.6. The lowest BCUT2D eigenvalue weighted by Gasteiger charge is -2.12. The van der Waals surface area contributed by atoms with Crippen LogP contribution < -0.4 is 15.4 Å². The smallest absolute Gasteiger partial charge is 0.175 e. The van der Waals surface area contributed by atoms with Crippen LogP contribution in [-0.4, -0.2) is 5.11 Å². The number of thiocarbonyl (C=S) groups is 1. The van der Waals surface area contributed by atoms with E-state index in [1.54, 1.807) is 12.1 Å². The molecule has 0 heterocycles. The van der Waals surface area contributed by atoms with Gasteiger partial charge >= 0.3 is 0 Å². The first kappa shape index (κ1) is 18.2. The molecule has 0 aromatic heterocycles. The second-order valence-electron chi connectivity index (χ2n) is 5.48. The summed E-state index contributed by atoms with van der Waals surface area (Å²) in [5.74, 6) is 0.210. The van der Waals surface area contributed by atoms with Gasteiger partial charge in [-0.2, -0.15) is 0 Å². The standard InChI is InChI=1S/C20H16ClFN2OS/c21-17-7-4-8-18(19(17)22)24-20(26)23-15-9-11-16(12-10-15)25-13-14-5-2-1-3-6-14/h1-12H,13H2,(H2,23,24,26). The topological polar surface area (TPSA) is 33.3 Å². The number of hydrogen-bond acceptors (Lipinski definition) is 2. The zero-order valence-corrected chi connectivity index (χ0v) is 15.3. The van der Waals surface area contributed by atoms with Crippen molar-refractivity contribution in [3.63, 3.8) is 0 Å². The molecular weight excluding hydrogens is 371 g/mol. The van der Waals surface area contributed by atoms with Gasteiger partial charge in [-0.15, -0.1) is 0 Å². The van der Waals surface area contributed by atoms with Crippen molar-refractivity contribution in [2.75, 3.05) is 10.6 Å². The lowest BCUT2D eigenvalue weighted by molar-refractivity contribution is 0.306. The van der Waals surface area contributed by atoms with Crippen molar-refractivity contribution < 1.29 is 9.13 Å². The highest BCUT2D eigenvalue weighted by molar-refractivity contribution is 7.80. The molecule has 0 aliphatic heterocycles. The summed E-state index contributed by atoms with van der Waals surface area (Å²) in [5.41, 5.74) is 2.08. The van der Waals surface area contributed by atoms with E-state index in [1.165, 1.54) is 6.07 Å². The Hall–Kier alpha value is -2.63. The Morgan fingerprint density at radius 1 is 0.923 bits per heavy atom. The molecule has 0 amide bonds. The first-order valence-electron chi connectivity index (χ1n) is 7.90. The van der Waals surface area contributed by atoms with Crippen LogP contribution in [0.25, 0.3) is 0 Å². The number of benzene rings is 3. The molecule has 0 aliphatic carbocycles. The van der Waals surface area contributed by atoms with E-state index >= 15 is 0 Å². The Morgan fingerprint density at radius 3 is 2.38 bits per heavy atom. The number of rotatable bonds is 5. The minimum atomic E-state index is -0.539. The highest BCUT2D eigenvalue weighted by atomic mass is 35.5. The molecule has 0 fully saturated rings. The molecule has 0 saturated heterocycles. The molecule has 0 spiro atoms. The largest absolute Gasteiger partial charge is 0.489 e. The average molecular weight is 387 g/mol. The predicted octanol–water partition coefficient (Wildman–Crippen LogP) is 5.87. The van der Waals surface area contributed by atoms with Crippen molar-refractivity contribution in [1.29, 1.82) is 0 Å². The first-order valence-corrected chi connectivity index (χ1v) is 8.69. The Labute approximate surface area is 161 Å². The number of ether oxygens (including phenoxy) is 1. The van der Waals surface area contributed by atoms with Crippen molar-refractivity contribution in [3.05, 3.63) is 89.2 Å². The second kappa shape index (κ2) is 8.65. The SMILES string of the molecule is Fc1c(Cl)cccc1NC(=S)Nc1ccc(OCc2ccccc2)cc1. The third-order valence-corrected chi connectivity index (χ3v) is 4.06. The Kier molecular flexibility index (Phi) is 6.04. The van der Waals surface area contributed by atoms with Crippen LogP contribution >= 0.6 is 23.8 Å². The zero-order valence-electron chi connectivity index (χ0n) is 13.7. The molecule has 0 aliphatic rings. The summed E-state index contributed by atoms with van der Waals surface area (Å²) in [5, 5.41) is 6.09. The summed E-state index contributed by atoms with van der Waals surface area (Å²) in [6, 6.07) is 22.0. The van der Waals surface area contributed by atoms with Crippen molar-refractivity contribution in [2.45, 2.75) is 6.61 Å². The third kappa shape index (κ3) is 4.94. The molecule has 6 heteroatoms. The second-order valence-corrected chi connectivity index (χ2v) is 6.29. The maximum atomic E-state index is 13.9. The molecule has 0 bridgehead atoms. The van der Waals surface area contributed by atoms with Crippen molar-refractivity contribution in [3.8, 4) is 5.75 Å². The number of hydrogen-bond donors (Lipinski definition) is 2. The highest BCUT2D eigenvalue weighted by Crippen LogP contribution is 2.22. The van der Waals surface area contributed by atoms with E-state index in [1.807, 2.05) is 54.6 Å². The van der Waals surface area contributed by atoms with Gasteiger partial charge in [-0.25, -0.2) is 4.39 Å². The van der Waals surface area contributed by atoms with Gasteiger partial charge in [0.1, 0.15) is 12.4 Å². The monoisotopic (exact) mass is 386 g/mol. The Morgan fingerprint density at radius 2 is 1.65 bits per heavy atom. The molecule has 3 aromatic rings. The maximum absolute atomic E-state index is 13.9. The van der Waals surface area contributed by atoms with E-state index in [0.29, 0.717) is 6.61 Å². The number of halogens is 2. The maximum Gasteiger partial charge on any atom is 0.175 e. The van der Waals surface area contributed by atoms with Gasteiger partial charge in [-0.1, -0.05) is 48.0 Å². The molecule has 0 atom stereocenters. The molecule has 3 aromatic carbocycles. The van der Waals surface area contributed by atoms with Crippen LogP contribution in [-0.2, 0) is 6.61 Å². The van der Waals surface area contributed by atoms with Crippen LogP contribution in [0.4, 0.5) is 15.8 Å². The average Bonchev–Trinajstić information content (AvgIpc) is 2.66. The molecular formula is C20H16ClFN2OS. The Bertz CT molecular complexity index is 888. The lowest BCUT2D eigenvalue weighted by atomic mass is 10.2. The van der Waals surface area contributed by atoms with Gasteiger partial charge in [-0.05, 0) is 54.2 Å². The minimum absolute atomic E-state index is 0.0396.